The molecule has 250 valence electrons. The van der Waals surface area contributed by atoms with Crippen molar-refractivity contribution in [1.29, 1.82) is 0 Å². The summed E-state index contributed by atoms with van der Waals surface area (Å²) in [4.78, 5) is 12.4. The van der Waals surface area contributed by atoms with Crippen LogP contribution in [0.1, 0.15) is 29.8 Å². The Hall–Kier alpha value is -6.72. The quantitative estimate of drug-likeness (QED) is 0.177. The van der Waals surface area contributed by atoms with Crippen molar-refractivity contribution in [1.82, 2.24) is 5.32 Å². The van der Waals surface area contributed by atoms with E-state index >= 15 is 0 Å². The highest BCUT2D eigenvalue weighted by molar-refractivity contribution is 6.15. The van der Waals surface area contributed by atoms with Gasteiger partial charge in [0.2, 0.25) is 0 Å². The maximum absolute atomic E-state index is 5.02. The number of nitrogens with zero attached hydrogens (tertiary/aromatic N) is 3. The van der Waals surface area contributed by atoms with Crippen LogP contribution in [0.25, 0.3) is 33.4 Å². The summed E-state index contributed by atoms with van der Waals surface area (Å²) in [5.41, 5.74) is 13.8. The third-order valence-electron chi connectivity index (χ3n) is 9.85. The van der Waals surface area contributed by atoms with Crippen LogP contribution in [-0.4, -0.2) is 17.8 Å². The molecule has 0 aromatic heterocycles. The summed E-state index contributed by atoms with van der Waals surface area (Å²) in [5, 5.41) is 7.06. The van der Waals surface area contributed by atoms with Gasteiger partial charge in [0.1, 0.15) is 17.8 Å². The topological polar surface area (TPSA) is 52.0 Å². The van der Waals surface area contributed by atoms with Crippen molar-refractivity contribution < 1.29 is 0 Å². The number of anilines is 3. The Balaban J connectivity index is 0.923. The molecule has 1 unspecified atom stereocenters. The molecule has 1 atom stereocenters. The zero-order valence-electron chi connectivity index (χ0n) is 28.8. The van der Waals surface area contributed by atoms with Crippen LogP contribution in [0, 0.1) is 0 Å². The molecule has 5 nitrogen and oxygen atoms in total. The molecule has 0 amide bonds. The second kappa shape index (κ2) is 13.5. The van der Waals surface area contributed by atoms with Crippen LogP contribution in [0.15, 0.2) is 192 Å². The van der Waals surface area contributed by atoms with Gasteiger partial charge in [0, 0.05) is 16.8 Å². The van der Waals surface area contributed by atoms with Crippen LogP contribution < -0.4 is 15.5 Å². The SMILES string of the molecule is CC1Nc2ccccc2N1c1cccc(-c2ccc(-c3ccc(-c4ccc(C5N=C(c6ccccc6)NC(c6ccccc6)=N5)cc4)cc3)cc2)c1. The molecule has 7 aromatic carbocycles. The van der Waals surface area contributed by atoms with Crippen molar-refractivity contribution in [2.24, 2.45) is 9.98 Å². The van der Waals surface area contributed by atoms with E-state index in [4.69, 9.17) is 9.98 Å². The highest BCUT2D eigenvalue weighted by Gasteiger charge is 2.26. The minimum Gasteiger partial charge on any atom is -0.363 e. The first-order chi connectivity index (χ1) is 25.7. The van der Waals surface area contributed by atoms with Gasteiger partial charge in [-0.05, 0) is 70.1 Å². The Morgan fingerprint density at radius 3 is 1.46 bits per heavy atom. The first-order valence-corrected chi connectivity index (χ1v) is 17.8. The second-order valence-corrected chi connectivity index (χ2v) is 13.2. The molecule has 52 heavy (non-hydrogen) atoms. The molecule has 2 aliphatic rings. The van der Waals surface area contributed by atoms with Gasteiger partial charge in [0.15, 0.2) is 6.17 Å². The molecule has 9 rings (SSSR count). The number of benzene rings is 7. The van der Waals surface area contributed by atoms with Gasteiger partial charge in [0.05, 0.1) is 11.4 Å². The van der Waals surface area contributed by atoms with Crippen LogP contribution in [0.5, 0.6) is 0 Å². The van der Waals surface area contributed by atoms with E-state index in [9.17, 15) is 0 Å². The number of fused-ring (bicyclic) bond motifs is 1. The second-order valence-electron chi connectivity index (χ2n) is 13.2. The largest absolute Gasteiger partial charge is 0.363 e. The van der Waals surface area contributed by atoms with Crippen molar-refractivity contribution in [3.8, 4) is 33.4 Å². The number of para-hydroxylation sites is 2. The predicted octanol–water partition coefficient (Wildman–Crippen LogP) is 11.1. The van der Waals surface area contributed by atoms with E-state index in [0.29, 0.717) is 0 Å². The molecule has 0 fully saturated rings. The molecular weight excluding hydrogens is 635 g/mol. The number of hydrogen-bond donors (Lipinski definition) is 2. The number of amidine groups is 2. The Morgan fingerprint density at radius 1 is 0.442 bits per heavy atom. The highest BCUT2D eigenvalue weighted by atomic mass is 15.3. The van der Waals surface area contributed by atoms with Crippen molar-refractivity contribution in [2.75, 3.05) is 10.2 Å². The molecule has 2 heterocycles. The minimum atomic E-state index is -0.342. The van der Waals surface area contributed by atoms with E-state index in [1.807, 2.05) is 36.4 Å². The fourth-order valence-corrected chi connectivity index (χ4v) is 7.14. The van der Waals surface area contributed by atoms with E-state index in [1.165, 1.54) is 44.9 Å². The smallest absolute Gasteiger partial charge is 0.169 e. The fraction of sp³-hybridized carbons (Fsp3) is 0.0638. The lowest BCUT2D eigenvalue weighted by molar-refractivity contribution is 0.756. The molecule has 0 spiro atoms. The van der Waals surface area contributed by atoms with E-state index in [-0.39, 0.29) is 12.3 Å². The van der Waals surface area contributed by atoms with Gasteiger partial charge < -0.3 is 15.5 Å². The third-order valence-corrected chi connectivity index (χ3v) is 9.85. The summed E-state index contributed by atoms with van der Waals surface area (Å²) in [6, 6.07) is 64.1. The standard InChI is InChI=1S/C47H37N5/c1-32-48-43-17-8-9-18-44(43)52(32)42-16-10-15-41(31-42)37-25-23-35(24-26-37)33-19-21-34(22-20-33)36-27-29-40(30-28-36)47-50-45(38-11-4-2-5-12-38)49-46(51-47)39-13-6-3-7-14-39/h2-32,47-48H,1H3,(H,49,50,51). The predicted molar refractivity (Wildman–Crippen MR) is 216 cm³/mol. The molecular formula is C47H37N5. The van der Waals surface area contributed by atoms with Crippen LogP contribution in [0.3, 0.4) is 0 Å². The van der Waals surface area contributed by atoms with Gasteiger partial charge in [-0.3, -0.25) is 0 Å². The van der Waals surface area contributed by atoms with Gasteiger partial charge in [0.25, 0.3) is 0 Å². The summed E-state index contributed by atoms with van der Waals surface area (Å²) < 4.78 is 0. The van der Waals surface area contributed by atoms with Crippen LogP contribution in [0.2, 0.25) is 0 Å². The Bertz CT molecular complexity index is 2340. The summed E-state index contributed by atoms with van der Waals surface area (Å²) in [5.74, 6) is 1.64. The lowest BCUT2D eigenvalue weighted by Crippen LogP contribution is -2.35. The highest BCUT2D eigenvalue weighted by Crippen LogP contribution is 2.41. The van der Waals surface area contributed by atoms with Gasteiger partial charge in [-0.15, -0.1) is 0 Å². The van der Waals surface area contributed by atoms with Crippen LogP contribution >= 0.6 is 0 Å². The molecule has 5 heteroatoms. The first-order valence-electron chi connectivity index (χ1n) is 17.8. The molecule has 0 radical (unpaired) electrons. The molecule has 7 aromatic rings. The zero-order valence-corrected chi connectivity index (χ0v) is 28.8. The van der Waals surface area contributed by atoms with E-state index in [0.717, 1.165) is 33.9 Å². The van der Waals surface area contributed by atoms with E-state index in [2.05, 4.69) is 168 Å². The van der Waals surface area contributed by atoms with E-state index < -0.39 is 0 Å². The molecule has 0 saturated carbocycles. The summed E-state index contributed by atoms with van der Waals surface area (Å²) >= 11 is 0. The van der Waals surface area contributed by atoms with Gasteiger partial charge in [-0.25, -0.2) is 9.98 Å². The average Bonchev–Trinajstić information content (AvgIpc) is 3.57. The lowest BCUT2D eigenvalue weighted by Gasteiger charge is -2.24. The maximum atomic E-state index is 5.02. The van der Waals surface area contributed by atoms with Gasteiger partial charge in [-0.1, -0.05) is 158 Å². The van der Waals surface area contributed by atoms with Crippen molar-refractivity contribution >= 4 is 28.7 Å². The van der Waals surface area contributed by atoms with Crippen molar-refractivity contribution in [3.63, 3.8) is 0 Å². The number of hydrogen-bond acceptors (Lipinski definition) is 5. The van der Waals surface area contributed by atoms with Crippen LogP contribution in [0.4, 0.5) is 17.1 Å². The number of nitrogens with one attached hydrogen (secondary N) is 2. The Morgan fingerprint density at radius 2 is 0.904 bits per heavy atom. The van der Waals surface area contributed by atoms with Crippen LogP contribution in [-0.2, 0) is 0 Å². The summed E-state index contributed by atoms with van der Waals surface area (Å²) in [7, 11) is 0. The third kappa shape index (κ3) is 6.14. The maximum Gasteiger partial charge on any atom is 0.169 e. The molecule has 0 saturated heterocycles. The lowest BCUT2D eigenvalue weighted by atomic mass is 9.97. The fourth-order valence-electron chi connectivity index (χ4n) is 7.14. The minimum absolute atomic E-state index is 0.190. The monoisotopic (exact) mass is 671 g/mol. The normalized spacial score (nSPS) is 15.2. The first kappa shape index (κ1) is 31.3. The average molecular weight is 672 g/mol. The van der Waals surface area contributed by atoms with Gasteiger partial charge >= 0.3 is 0 Å². The Kier molecular flexibility index (Phi) is 8.14. The molecule has 0 aliphatic carbocycles. The van der Waals surface area contributed by atoms with Gasteiger partial charge in [-0.2, -0.15) is 0 Å². The molecule has 0 bridgehead atoms. The number of rotatable bonds is 7. The van der Waals surface area contributed by atoms with Crippen molar-refractivity contribution in [2.45, 2.75) is 19.3 Å². The molecule has 2 aliphatic heterocycles. The summed E-state index contributed by atoms with van der Waals surface area (Å²) in [6.45, 7) is 2.20. The van der Waals surface area contributed by atoms with E-state index in [1.54, 1.807) is 0 Å². The Labute approximate surface area is 304 Å². The summed E-state index contributed by atoms with van der Waals surface area (Å²) in [6.07, 6.45) is -0.152. The number of aliphatic imine (C=N–C) groups is 2. The zero-order chi connectivity index (χ0) is 34.9. The van der Waals surface area contributed by atoms with Crippen molar-refractivity contribution in [3.05, 3.63) is 199 Å². The molecule has 2 N–H and O–H groups in total.